The Kier molecular flexibility index (Phi) is 4.11. The molecule has 1 aromatic heterocycles. The van der Waals surface area contributed by atoms with Gasteiger partial charge in [-0.15, -0.1) is 5.10 Å². The Morgan fingerprint density at radius 2 is 2.06 bits per heavy atom. The minimum absolute atomic E-state index is 0.150. The summed E-state index contributed by atoms with van der Waals surface area (Å²) in [6.45, 7) is 3.01. The topological polar surface area (TPSA) is 42.7 Å². The fourth-order valence-electron chi connectivity index (χ4n) is 1.81. The number of halogens is 1. The Labute approximate surface area is 115 Å². The summed E-state index contributed by atoms with van der Waals surface area (Å²) in [6, 6.07) is 8.66. The molecular formula is C12H15IN4. The molecule has 0 amide bonds. The summed E-state index contributed by atoms with van der Waals surface area (Å²) >= 11 is 2.31. The summed E-state index contributed by atoms with van der Waals surface area (Å²) < 4.78 is 3.05. The number of aryl methyl sites for hydroxylation is 1. The van der Waals surface area contributed by atoms with Crippen molar-refractivity contribution in [1.29, 1.82) is 0 Å². The molecule has 2 aromatic rings. The third-order valence-corrected chi connectivity index (χ3v) is 3.38. The third-order valence-electron chi connectivity index (χ3n) is 2.66. The van der Waals surface area contributed by atoms with Gasteiger partial charge < -0.3 is 5.32 Å². The van der Waals surface area contributed by atoms with Gasteiger partial charge in [0.1, 0.15) is 0 Å². The molecule has 1 heterocycles. The van der Waals surface area contributed by atoms with Crippen molar-refractivity contribution in [3.05, 3.63) is 45.3 Å². The number of aromatic nitrogens is 3. The number of rotatable bonds is 4. The van der Waals surface area contributed by atoms with Crippen LogP contribution in [0, 0.1) is 3.57 Å². The molecule has 0 bridgehead atoms. The van der Waals surface area contributed by atoms with Crippen LogP contribution in [0.15, 0.2) is 30.5 Å². The second kappa shape index (κ2) is 5.59. The van der Waals surface area contributed by atoms with Gasteiger partial charge in [0.2, 0.25) is 0 Å². The molecule has 0 fully saturated rings. The van der Waals surface area contributed by atoms with Crippen LogP contribution < -0.4 is 5.32 Å². The number of nitrogens with zero attached hydrogens (tertiary/aromatic N) is 3. The first kappa shape index (κ1) is 12.5. The van der Waals surface area contributed by atoms with Crippen molar-refractivity contribution < 1.29 is 0 Å². The van der Waals surface area contributed by atoms with E-state index in [-0.39, 0.29) is 6.04 Å². The predicted molar refractivity (Wildman–Crippen MR) is 75.7 cm³/mol. The van der Waals surface area contributed by atoms with Crippen LogP contribution in [0.4, 0.5) is 0 Å². The molecule has 0 aliphatic carbocycles. The van der Waals surface area contributed by atoms with E-state index in [2.05, 4.69) is 69.4 Å². The van der Waals surface area contributed by atoms with Crippen molar-refractivity contribution in [2.24, 2.45) is 7.05 Å². The fraction of sp³-hybridized carbons (Fsp3) is 0.333. The van der Waals surface area contributed by atoms with E-state index >= 15 is 0 Å². The Morgan fingerprint density at radius 1 is 1.35 bits per heavy atom. The highest BCUT2D eigenvalue weighted by atomic mass is 127. The van der Waals surface area contributed by atoms with Gasteiger partial charge in [0.05, 0.1) is 17.9 Å². The first-order valence-corrected chi connectivity index (χ1v) is 6.63. The molecular weight excluding hydrogens is 327 g/mol. The molecule has 17 heavy (non-hydrogen) atoms. The van der Waals surface area contributed by atoms with Gasteiger partial charge in [-0.25, -0.2) is 0 Å². The van der Waals surface area contributed by atoms with Crippen LogP contribution in [0.2, 0.25) is 0 Å². The summed E-state index contributed by atoms with van der Waals surface area (Å²) in [6.07, 6.45) is 1.81. The maximum atomic E-state index is 3.99. The zero-order valence-electron chi connectivity index (χ0n) is 9.89. The second-order valence-electron chi connectivity index (χ2n) is 3.82. The SMILES string of the molecule is CCNC(c1ccc(I)cc1)c1cnnn1C. The van der Waals surface area contributed by atoms with Gasteiger partial charge in [0, 0.05) is 10.6 Å². The van der Waals surface area contributed by atoms with Crippen LogP contribution >= 0.6 is 22.6 Å². The van der Waals surface area contributed by atoms with Crippen molar-refractivity contribution in [1.82, 2.24) is 20.3 Å². The van der Waals surface area contributed by atoms with E-state index in [0.29, 0.717) is 0 Å². The smallest absolute Gasteiger partial charge is 0.0798 e. The maximum absolute atomic E-state index is 3.99. The molecule has 0 aliphatic heterocycles. The number of nitrogens with one attached hydrogen (secondary N) is 1. The highest BCUT2D eigenvalue weighted by molar-refractivity contribution is 14.1. The maximum Gasteiger partial charge on any atom is 0.0798 e. The quantitative estimate of drug-likeness (QED) is 0.866. The van der Waals surface area contributed by atoms with Crippen molar-refractivity contribution in [2.75, 3.05) is 6.54 Å². The van der Waals surface area contributed by atoms with E-state index < -0.39 is 0 Å². The Balaban J connectivity index is 2.35. The molecule has 0 saturated heterocycles. The van der Waals surface area contributed by atoms with E-state index in [1.54, 1.807) is 0 Å². The minimum atomic E-state index is 0.150. The molecule has 5 heteroatoms. The Bertz CT molecular complexity index is 478. The molecule has 0 spiro atoms. The first-order chi connectivity index (χ1) is 8.22. The van der Waals surface area contributed by atoms with Gasteiger partial charge in [-0.2, -0.15) is 0 Å². The van der Waals surface area contributed by atoms with Gasteiger partial charge >= 0.3 is 0 Å². The lowest BCUT2D eigenvalue weighted by atomic mass is 10.0. The predicted octanol–water partition coefficient (Wildman–Crippen LogP) is 2.12. The standard InChI is InChI=1S/C12H15IN4/c1-3-14-12(11-8-15-16-17(11)2)9-4-6-10(13)7-5-9/h4-8,12,14H,3H2,1-2H3. The summed E-state index contributed by atoms with van der Waals surface area (Å²) in [5.41, 5.74) is 2.31. The van der Waals surface area contributed by atoms with Gasteiger partial charge in [0.25, 0.3) is 0 Å². The lowest BCUT2D eigenvalue weighted by Crippen LogP contribution is -2.24. The molecule has 2 rings (SSSR count). The van der Waals surface area contributed by atoms with Crippen molar-refractivity contribution >= 4 is 22.6 Å². The highest BCUT2D eigenvalue weighted by Gasteiger charge is 2.16. The number of benzene rings is 1. The zero-order chi connectivity index (χ0) is 12.3. The molecule has 90 valence electrons. The number of hydrogen-bond acceptors (Lipinski definition) is 3. The van der Waals surface area contributed by atoms with Crippen LogP contribution in [-0.2, 0) is 7.05 Å². The summed E-state index contributed by atoms with van der Waals surface area (Å²) in [7, 11) is 1.92. The molecule has 1 unspecified atom stereocenters. The molecule has 0 saturated carbocycles. The Hall–Kier alpha value is -0.950. The third kappa shape index (κ3) is 2.84. The average molecular weight is 342 g/mol. The van der Waals surface area contributed by atoms with E-state index in [9.17, 15) is 0 Å². The Morgan fingerprint density at radius 3 is 2.59 bits per heavy atom. The highest BCUT2D eigenvalue weighted by Crippen LogP contribution is 2.21. The van der Waals surface area contributed by atoms with Crippen molar-refractivity contribution in [3.8, 4) is 0 Å². The van der Waals surface area contributed by atoms with E-state index in [0.717, 1.165) is 12.2 Å². The van der Waals surface area contributed by atoms with Gasteiger partial charge in [0.15, 0.2) is 0 Å². The van der Waals surface area contributed by atoms with E-state index in [4.69, 9.17) is 0 Å². The molecule has 1 N–H and O–H groups in total. The van der Waals surface area contributed by atoms with E-state index in [1.807, 2.05) is 17.9 Å². The van der Waals surface area contributed by atoms with Crippen LogP contribution in [0.25, 0.3) is 0 Å². The van der Waals surface area contributed by atoms with E-state index in [1.165, 1.54) is 9.13 Å². The molecule has 1 atom stereocenters. The molecule has 1 aromatic carbocycles. The monoisotopic (exact) mass is 342 g/mol. The normalized spacial score (nSPS) is 12.6. The molecule has 4 nitrogen and oxygen atoms in total. The van der Waals surface area contributed by atoms with Crippen LogP contribution in [0.5, 0.6) is 0 Å². The van der Waals surface area contributed by atoms with Gasteiger partial charge in [-0.1, -0.05) is 24.3 Å². The largest absolute Gasteiger partial charge is 0.305 e. The summed E-state index contributed by atoms with van der Waals surface area (Å²) in [5, 5.41) is 11.4. The van der Waals surface area contributed by atoms with Crippen LogP contribution in [0.1, 0.15) is 24.2 Å². The summed E-state index contributed by atoms with van der Waals surface area (Å²) in [5.74, 6) is 0. The second-order valence-corrected chi connectivity index (χ2v) is 5.07. The lowest BCUT2D eigenvalue weighted by molar-refractivity contribution is 0.568. The van der Waals surface area contributed by atoms with Crippen molar-refractivity contribution in [2.45, 2.75) is 13.0 Å². The zero-order valence-corrected chi connectivity index (χ0v) is 12.0. The van der Waals surface area contributed by atoms with Crippen LogP contribution in [-0.4, -0.2) is 21.5 Å². The molecule has 0 radical (unpaired) electrons. The first-order valence-electron chi connectivity index (χ1n) is 5.55. The molecule has 0 aliphatic rings. The minimum Gasteiger partial charge on any atom is -0.305 e. The van der Waals surface area contributed by atoms with Gasteiger partial charge in [-0.3, -0.25) is 4.68 Å². The number of hydrogen-bond donors (Lipinski definition) is 1. The summed E-state index contributed by atoms with van der Waals surface area (Å²) in [4.78, 5) is 0. The lowest BCUT2D eigenvalue weighted by Gasteiger charge is -2.18. The van der Waals surface area contributed by atoms with Crippen molar-refractivity contribution in [3.63, 3.8) is 0 Å². The fourth-order valence-corrected chi connectivity index (χ4v) is 2.17. The van der Waals surface area contributed by atoms with Crippen LogP contribution in [0.3, 0.4) is 0 Å². The average Bonchev–Trinajstić information content (AvgIpc) is 2.74. The van der Waals surface area contributed by atoms with Gasteiger partial charge in [-0.05, 0) is 46.8 Å².